The minimum absolute atomic E-state index is 0.00717. The van der Waals surface area contributed by atoms with Crippen LogP contribution < -0.4 is 32.7 Å². The first-order chi connectivity index (χ1) is 21.2. The molecule has 5 amide bonds. The van der Waals surface area contributed by atoms with Gasteiger partial charge in [0.1, 0.15) is 29.9 Å². The number of benzene rings is 2. The minimum Gasteiger partial charge on any atom is -0.508 e. The molecule has 0 saturated heterocycles. The van der Waals surface area contributed by atoms with Crippen LogP contribution in [0.1, 0.15) is 44.7 Å². The Labute approximate surface area is 261 Å². The van der Waals surface area contributed by atoms with E-state index in [2.05, 4.69) is 21.3 Å². The summed E-state index contributed by atoms with van der Waals surface area (Å²) in [6.07, 6.45) is -0.673. The van der Waals surface area contributed by atoms with Gasteiger partial charge in [0.25, 0.3) is 0 Å². The second kappa shape index (κ2) is 17.3. The van der Waals surface area contributed by atoms with Crippen molar-refractivity contribution < 1.29 is 39.0 Å². The summed E-state index contributed by atoms with van der Waals surface area (Å²) in [5.74, 6) is -5.38. The number of carboxylic acids is 1. The fourth-order valence-corrected chi connectivity index (χ4v) is 4.31. The Morgan fingerprint density at radius 1 is 0.689 bits per heavy atom. The number of carbonyl (C=O) groups excluding carboxylic acids is 5. The van der Waals surface area contributed by atoms with Gasteiger partial charge in [-0.1, -0.05) is 56.3 Å². The molecule has 10 N–H and O–H groups in total. The number of rotatable bonds is 17. The van der Waals surface area contributed by atoms with Gasteiger partial charge in [0, 0.05) is 19.3 Å². The van der Waals surface area contributed by atoms with Gasteiger partial charge in [-0.25, -0.2) is 4.79 Å². The molecule has 0 radical (unpaired) electrons. The first kappa shape index (κ1) is 36.2. The molecule has 2 aromatic carbocycles. The smallest absolute Gasteiger partial charge is 0.326 e. The summed E-state index contributed by atoms with van der Waals surface area (Å²) in [5, 5.41) is 29.4. The lowest BCUT2D eigenvalue weighted by Crippen LogP contribution is -2.59. The Morgan fingerprint density at radius 2 is 1.20 bits per heavy atom. The molecule has 2 aromatic rings. The standard InChI is InChI=1S/C31H42N6O8/c1-17(2)26(37-27(40)18(3)32)30(43)35-23(15-19-7-5-4-6-8-19)29(42)34-22(13-14-25(33)39)28(41)36-24(31(44)45)16-20-9-11-21(38)12-10-20/h4-12,17-18,22-24,26,38H,13-16,32H2,1-3H3,(H2,33,39)(H,34,42)(H,35,43)(H,36,41)(H,37,40)(H,44,45)/t18-,22-,23-,24-,26-/m0/s1. The van der Waals surface area contributed by atoms with Crippen molar-refractivity contribution in [1.29, 1.82) is 0 Å². The number of hydrogen-bond acceptors (Lipinski definition) is 8. The molecular weight excluding hydrogens is 584 g/mol. The summed E-state index contributed by atoms with van der Waals surface area (Å²) in [7, 11) is 0. The van der Waals surface area contributed by atoms with Gasteiger partial charge < -0.3 is 42.9 Å². The molecule has 5 atom stereocenters. The zero-order chi connectivity index (χ0) is 33.7. The Balaban J connectivity index is 2.31. The van der Waals surface area contributed by atoms with Gasteiger partial charge in [0.15, 0.2) is 0 Å². The fourth-order valence-electron chi connectivity index (χ4n) is 4.31. The maximum absolute atomic E-state index is 13.6. The predicted octanol–water partition coefficient (Wildman–Crippen LogP) is -0.530. The van der Waals surface area contributed by atoms with Crippen molar-refractivity contribution in [2.45, 2.75) is 76.7 Å². The molecule has 0 aromatic heterocycles. The van der Waals surface area contributed by atoms with Crippen LogP contribution in [-0.4, -0.2) is 75.9 Å². The lowest BCUT2D eigenvalue weighted by Gasteiger charge is -2.27. The topological polar surface area (TPSA) is 243 Å². The van der Waals surface area contributed by atoms with Gasteiger partial charge in [-0.2, -0.15) is 0 Å². The van der Waals surface area contributed by atoms with Gasteiger partial charge in [-0.05, 0) is 42.5 Å². The molecule has 244 valence electrons. The van der Waals surface area contributed by atoms with E-state index in [1.165, 1.54) is 31.2 Å². The van der Waals surface area contributed by atoms with E-state index in [0.29, 0.717) is 11.1 Å². The predicted molar refractivity (Wildman–Crippen MR) is 164 cm³/mol. The van der Waals surface area contributed by atoms with E-state index in [9.17, 15) is 39.0 Å². The van der Waals surface area contributed by atoms with Crippen molar-refractivity contribution in [3.8, 4) is 5.75 Å². The number of amides is 5. The lowest BCUT2D eigenvalue weighted by molar-refractivity contribution is -0.142. The minimum atomic E-state index is -1.41. The molecule has 0 heterocycles. The number of aromatic hydroxyl groups is 1. The van der Waals surface area contributed by atoms with E-state index in [4.69, 9.17) is 11.5 Å². The van der Waals surface area contributed by atoms with Crippen LogP contribution >= 0.6 is 0 Å². The number of nitrogens with one attached hydrogen (secondary N) is 4. The van der Waals surface area contributed by atoms with Crippen LogP contribution in [0.5, 0.6) is 5.75 Å². The van der Waals surface area contributed by atoms with Crippen LogP contribution in [0.3, 0.4) is 0 Å². The van der Waals surface area contributed by atoms with Crippen LogP contribution in [-0.2, 0) is 41.6 Å². The quantitative estimate of drug-likeness (QED) is 0.112. The number of hydrogen-bond donors (Lipinski definition) is 8. The highest BCUT2D eigenvalue weighted by atomic mass is 16.4. The highest BCUT2D eigenvalue weighted by Gasteiger charge is 2.33. The van der Waals surface area contributed by atoms with Gasteiger partial charge in [-0.3, -0.25) is 24.0 Å². The number of aliphatic carboxylic acids is 1. The Hall–Kier alpha value is -4.98. The number of phenols is 1. The van der Waals surface area contributed by atoms with E-state index in [-0.39, 0.29) is 37.4 Å². The normalized spacial score (nSPS) is 14.2. The average Bonchev–Trinajstić information content (AvgIpc) is 2.98. The van der Waals surface area contributed by atoms with Crippen molar-refractivity contribution in [2.24, 2.45) is 17.4 Å². The number of nitrogens with two attached hydrogens (primary N) is 2. The molecule has 0 fully saturated rings. The molecule has 14 nitrogen and oxygen atoms in total. The summed E-state index contributed by atoms with van der Waals surface area (Å²) in [6.45, 7) is 4.88. The monoisotopic (exact) mass is 626 g/mol. The Bertz CT molecular complexity index is 1330. The molecule has 0 aliphatic rings. The second-order valence-corrected chi connectivity index (χ2v) is 11.1. The highest BCUT2D eigenvalue weighted by Crippen LogP contribution is 2.13. The molecule has 2 rings (SSSR count). The van der Waals surface area contributed by atoms with Crippen molar-refractivity contribution in [3.63, 3.8) is 0 Å². The number of carbonyl (C=O) groups is 6. The van der Waals surface area contributed by atoms with Gasteiger partial charge in [0.05, 0.1) is 6.04 Å². The fraction of sp³-hybridized carbons (Fsp3) is 0.419. The van der Waals surface area contributed by atoms with Crippen molar-refractivity contribution in [2.75, 3.05) is 0 Å². The molecular formula is C31H42N6O8. The first-order valence-electron chi connectivity index (χ1n) is 14.5. The van der Waals surface area contributed by atoms with Crippen LogP contribution in [0.15, 0.2) is 54.6 Å². The summed E-state index contributed by atoms with van der Waals surface area (Å²) < 4.78 is 0. The van der Waals surface area contributed by atoms with E-state index in [1.807, 2.05) is 0 Å². The molecule has 45 heavy (non-hydrogen) atoms. The molecule has 0 spiro atoms. The van der Waals surface area contributed by atoms with Gasteiger partial charge >= 0.3 is 5.97 Å². The van der Waals surface area contributed by atoms with Crippen molar-refractivity contribution in [1.82, 2.24) is 21.3 Å². The average molecular weight is 627 g/mol. The zero-order valence-corrected chi connectivity index (χ0v) is 25.5. The summed E-state index contributed by atoms with van der Waals surface area (Å²) in [5.41, 5.74) is 12.1. The third-order valence-electron chi connectivity index (χ3n) is 6.88. The third-order valence-corrected chi connectivity index (χ3v) is 6.88. The van der Waals surface area contributed by atoms with Gasteiger partial charge in [-0.15, -0.1) is 0 Å². The summed E-state index contributed by atoms with van der Waals surface area (Å²) >= 11 is 0. The molecule has 0 saturated carbocycles. The van der Waals surface area contributed by atoms with Crippen molar-refractivity contribution >= 4 is 35.5 Å². The van der Waals surface area contributed by atoms with Crippen LogP contribution in [0.25, 0.3) is 0 Å². The van der Waals surface area contributed by atoms with Crippen LogP contribution in [0.4, 0.5) is 0 Å². The second-order valence-electron chi connectivity index (χ2n) is 11.1. The largest absolute Gasteiger partial charge is 0.508 e. The lowest BCUT2D eigenvalue weighted by atomic mass is 10.00. The molecule has 0 bridgehead atoms. The summed E-state index contributed by atoms with van der Waals surface area (Å²) in [6, 6.07) is 8.56. The molecule has 0 unspecified atom stereocenters. The van der Waals surface area contributed by atoms with Crippen molar-refractivity contribution in [3.05, 3.63) is 65.7 Å². The number of primary amides is 1. The highest BCUT2D eigenvalue weighted by molar-refractivity contribution is 5.95. The van der Waals surface area contributed by atoms with E-state index in [0.717, 1.165) is 0 Å². The van der Waals surface area contributed by atoms with Crippen LogP contribution in [0, 0.1) is 5.92 Å². The first-order valence-corrected chi connectivity index (χ1v) is 14.5. The molecule has 0 aliphatic heterocycles. The van der Waals surface area contributed by atoms with E-state index >= 15 is 0 Å². The molecule has 14 heteroatoms. The molecule has 0 aliphatic carbocycles. The zero-order valence-electron chi connectivity index (χ0n) is 25.5. The Morgan fingerprint density at radius 3 is 1.73 bits per heavy atom. The van der Waals surface area contributed by atoms with E-state index in [1.54, 1.807) is 44.2 Å². The maximum Gasteiger partial charge on any atom is 0.326 e. The third kappa shape index (κ3) is 12.3. The Kier molecular flexibility index (Phi) is 14.0. The van der Waals surface area contributed by atoms with Gasteiger partial charge in [0.2, 0.25) is 29.5 Å². The SMILES string of the molecule is CC(C)[C@H](NC(=O)[C@H](C)N)C(=O)N[C@@H](Cc1ccccc1)C(=O)N[C@@H](CCC(N)=O)C(=O)N[C@@H](Cc1ccc(O)cc1)C(=O)O. The maximum atomic E-state index is 13.6. The number of phenolic OH excluding ortho intramolecular Hbond substituents is 1. The van der Waals surface area contributed by atoms with Crippen LogP contribution in [0.2, 0.25) is 0 Å². The van der Waals surface area contributed by atoms with E-state index < -0.39 is 65.7 Å². The summed E-state index contributed by atoms with van der Waals surface area (Å²) in [4.78, 5) is 76.1. The number of carboxylic acid groups (broad SMARTS) is 1.